The number of carbonyl (C=O) groups is 2. The Hall–Kier alpha value is -2.56. The fraction of sp³-hybridized carbons (Fsp3) is 0.294. The molecule has 0 aliphatic rings. The number of amides is 1. The molecule has 0 saturated heterocycles. The highest BCUT2D eigenvalue weighted by molar-refractivity contribution is 5.96. The number of esters is 1. The minimum atomic E-state index is -0.514. The van der Waals surface area contributed by atoms with Crippen molar-refractivity contribution in [2.75, 3.05) is 11.9 Å². The Kier molecular flexibility index (Phi) is 4.65. The summed E-state index contributed by atoms with van der Waals surface area (Å²) in [5, 5.41) is 2.80. The lowest BCUT2D eigenvalue weighted by Crippen LogP contribution is -2.22. The van der Waals surface area contributed by atoms with E-state index in [9.17, 15) is 9.59 Å². The summed E-state index contributed by atoms with van der Waals surface area (Å²) in [5.41, 5.74) is 4.29. The topological polar surface area (TPSA) is 60.3 Å². The fourth-order valence-corrected chi connectivity index (χ4v) is 2.43. The van der Waals surface area contributed by atoms with Crippen LogP contribution in [0.3, 0.4) is 0 Å². The van der Waals surface area contributed by atoms with E-state index in [-0.39, 0.29) is 12.5 Å². The average molecular weight is 300 g/mol. The molecule has 1 N–H and O–H groups in total. The maximum absolute atomic E-state index is 12.0. The molecule has 0 atom stereocenters. The maximum atomic E-state index is 12.0. The molecule has 0 unspecified atom stereocenters. The van der Waals surface area contributed by atoms with Crippen molar-refractivity contribution in [3.8, 4) is 0 Å². The average Bonchev–Trinajstić information content (AvgIpc) is 2.86. The van der Waals surface area contributed by atoms with Crippen LogP contribution in [0, 0.1) is 20.8 Å². The Bertz CT molecular complexity index is 693. The van der Waals surface area contributed by atoms with Crippen LogP contribution in [-0.4, -0.2) is 23.1 Å². The van der Waals surface area contributed by atoms with Crippen LogP contribution >= 0.6 is 0 Å². The van der Waals surface area contributed by atoms with Crippen LogP contribution < -0.4 is 5.32 Å². The predicted molar refractivity (Wildman–Crippen MR) is 85.0 cm³/mol. The first-order chi connectivity index (χ1) is 10.4. The van der Waals surface area contributed by atoms with E-state index in [2.05, 4.69) is 5.32 Å². The van der Waals surface area contributed by atoms with E-state index >= 15 is 0 Å². The Morgan fingerprint density at radius 2 is 1.82 bits per heavy atom. The second kappa shape index (κ2) is 6.47. The normalized spacial score (nSPS) is 10.4. The molecule has 116 valence electrons. The number of nitrogens with zero attached hydrogens (tertiary/aromatic N) is 1. The molecule has 2 aromatic rings. The van der Waals surface area contributed by atoms with Gasteiger partial charge in [0.25, 0.3) is 5.91 Å². The van der Waals surface area contributed by atoms with Crippen LogP contribution in [0.15, 0.2) is 30.5 Å². The second-order valence-electron chi connectivity index (χ2n) is 5.40. The summed E-state index contributed by atoms with van der Waals surface area (Å²) in [6.07, 6.45) is 1.75. The van der Waals surface area contributed by atoms with Crippen molar-refractivity contribution in [3.63, 3.8) is 0 Å². The molecule has 0 bridgehead atoms. The summed E-state index contributed by atoms with van der Waals surface area (Å²) in [6.45, 7) is 5.57. The number of aromatic nitrogens is 1. The Balaban J connectivity index is 1.97. The quantitative estimate of drug-likeness (QED) is 0.883. The predicted octanol–water partition coefficient (Wildman–Crippen LogP) is 2.75. The molecule has 5 heteroatoms. The van der Waals surface area contributed by atoms with Crippen molar-refractivity contribution >= 4 is 17.6 Å². The number of nitrogens with one attached hydrogen (secondary N) is 1. The second-order valence-corrected chi connectivity index (χ2v) is 5.40. The summed E-state index contributed by atoms with van der Waals surface area (Å²) in [5.74, 6) is -0.863. The first kappa shape index (κ1) is 15.8. The monoisotopic (exact) mass is 300 g/mol. The van der Waals surface area contributed by atoms with Crippen molar-refractivity contribution < 1.29 is 14.3 Å². The van der Waals surface area contributed by atoms with Gasteiger partial charge in [0.1, 0.15) is 5.69 Å². The van der Waals surface area contributed by atoms with Crippen molar-refractivity contribution in [2.45, 2.75) is 20.8 Å². The third-order valence-corrected chi connectivity index (χ3v) is 3.43. The highest BCUT2D eigenvalue weighted by atomic mass is 16.5. The molecule has 0 aliphatic carbocycles. The number of hydrogen-bond acceptors (Lipinski definition) is 3. The number of carbonyl (C=O) groups excluding carboxylic acids is 2. The van der Waals surface area contributed by atoms with Gasteiger partial charge in [0.2, 0.25) is 0 Å². The largest absolute Gasteiger partial charge is 0.451 e. The van der Waals surface area contributed by atoms with Gasteiger partial charge in [0.15, 0.2) is 6.61 Å². The smallest absolute Gasteiger partial charge is 0.355 e. The molecule has 0 fully saturated rings. The zero-order chi connectivity index (χ0) is 16.3. The zero-order valence-electron chi connectivity index (χ0n) is 13.3. The van der Waals surface area contributed by atoms with Gasteiger partial charge in [-0.15, -0.1) is 0 Å². The summed E-state index contributed by atoms with van der Waals surface area (Å²) >= 11 is 0. The van der Waals surface area contributed by atoms with E-state index in [0.717, 1.165) is 22.4 Å². The minimum Gasteiger partial charge on any atom is -0.451 e. The van der Waals surface area contributed by atoms with Crippen LogP contribution in [0.5, 0.6) is 0 Å². The van der Waals surface area contributed by atoms with Crippen LogP contribution in [-0.2, 0) is 16.6 Å². The van der Waals surface area contributed by atoms with E-state index in [0.29, 0.717) is 5.69 Å². The molecule has 1 aromatic carbocycles. The van der Waals surface area contributed by atoms with Gasteiger partial charge in [0.05, 0.1) is 0 Å². The molecule has 1 aromatic heterocycles. The van der Waals surface area contributed by atoms with E-state index in [1.807, 2.05) is 32.9 Å². The molecule has 0 aliphatic heterocycles. The van der Waals surface area contributed by atoms with Gasteiger partial charge in [-0.3, -0.25) is 4.79 Å². The number of aryl methyl sites for hydroxylation is 4. The van der Waals surface area contributed by atoms with E-state index in [1.54, 1.807) is 29.9 Å². The number of benzene rings is 1. The summed E-state index contributed by atoms with van der Waals surface area (Å²) < 4.78 is 6.68. The van der Waals surface area contributed by atoms with Crippen molar-refractivity contribution in [3.05, 3.63) is 52.8 Å². The molecule has 0 spiro atoms. The number of ether oxygens (including phenoxy) is 1. The van der Waals surface area contributed by atoms with Gasteiger partial charge in [-0.2, -0.15) is 0 Å². The Labute approximate surface area is 129 Å². The maximum Gasteiger partial charge on any atom is 0.355 e. The molecular formula is C17H20N2O3. The lowest BCUT2D eigenvalue weighted by molar-refractivity contribution is -0.119. The molecule has 0 radical (unpaired) electrons. The molecule has 1 amide bonds. The van der Waals surface area contributed by atoms with Crippen LogP contribution in [0.2, 0.25) is 0 Å². The number of rotatable bonds is 4. The SMILES string of the molecule is Cc1cc(C)c(NC(=O)COC(=O)c2cccn2C)c(C)c1. The minimum absolute atomic E-state index is 0.309. The molecule has 22 heavy (non-hydrogen) atoms. The van der Waals surface area contributed by atoms with Gasteiger partial charge in [-0.1, -0.05) is 17.7 Å². The lowest BCUT2D eigenvalue weighted by Gasteiger charge is -2.13. The van der Waals surface area contributed by atoms with Gasteiger partial charge in [-0.05, 0) is 44.0 Å². The molecule has 2 rings (SSSR count). The Morgan fingerprint density at radius 3 is 2.36 bits per heavy atom. The van der Waals surface area contributed by atoms with Crippen LogP contribution in [0.25, 0.3) is 0 Å². The standard InChI is InChI=1S/C17H20N2O3/c1-11-8-12(2)16(13(3)9-11)18-15(20)10-22-17(21)14-6-5-7-19(14)4/h5-9H,10H2,1-4H3,(H,18,20). The third-order valence-electron chi connectivity index (χ3n) is 3.43. The Morgan fingerprint density at radius 1 is 1.18 bits per heavy atom. The van der Waals surface area contributed by atoms with Gasteiger partial charge in [0, 0.05) is 18.9 Å². The molecule has 1 heterocycles. The molecular weight excluding hydrogens is 280 g/mol. The molecule has 5 nitrogen and oxygen atoms in total. The first-order valence-corrected chi connectivity index (χ1v) is 7.04. The van der Waals surface area contributed by atoms with Crippen LogP contribution in [0.4, 0.5) is 5.69 Å². The van der Waals surface area contributed by atoms with E-state index < -0.39 is 5.97 Å². The fourth-order valence-electron chi connectivity index (χ4n) is 2.43. The molecule has 0 saturated carbocycles. The zero-order valence-corrected chi connectivity index (χ0v) is 13.3. The highest BCUT2D eigenvalue weighted by Crippen LogP contribution is 2.21. The number of hydrogen-bond donors (Lipinski definition) is 1. The highest BCUT2D eigenvalue weighted by Gasteiger charge is 2.14. The van der Waals surface area contributed by atoms with E-state index in [4.69, 9.17) is 4.74 Å². The lowest BCUT2D eigenvalue weighted by atomic mass is 10.1. The summed E-state index contributed by atoms with van der Waals surface area (Å²) in [6, 6.07) is 7.39. The first-order valence-electron chi connectivity index (χ1n) is 7.04. The van der Waals surface area contributed by atoms with Gasteiger partial charge in [-0.25, -0.2) is 4.79 Å². The van der Waals surface area contributed by atoms with E-state index in [1.165, 1.54) is 0 Å². The third kappa shape index (κ3) is 3.55. The van der Waals surface area contributed by atoms with Gasteiger partial charge < -0.3 is 14.6 Å². The van der Waals surface area contributed by atoms with Gasteiger partial charge >= 0.3 is 5.97 Å². The summed E-state index contributed by atoms with van der Waals surface area (Å²) in [7, 11) is 1.75. The summed E-state index contributed by atoms with van der Waals surface area (Å²) in [4.78, 5) is 23.8. The van der Waals surface area contributed by atoms with Crippen LogP contribution in [0.1, 0.15) is 27.2 Å². The van der Waals surface area contributed by atoms with Crippen molar-refractivity contribution in [1.82, 2.24) is 4.57 Å². The van der Waals surface area contributed by atoms with Crippen molar-refractivity contribution in [1.29, 1.82) is 0 Å². The number of anilines is 1. The van der Waals surface area contributed by atoms with Crippen molar-refractivity contribution in [2.24, 2.45) is 7.05 Å².